The fourth-order valence-electron chi connectivity index (χ4n) is 3.97. The SMILES string of the molecule is O=C(NN=Cc1c(OCc2ccccc2Cl)ccc2ccccc12)c1ccc(OCc2ccccc2)cc1. The predicted molar refractivity (Wildman–Crippen MR) is 152 cm³/mol. The van der Waals surface area contributed by atoms with Crippen molar-refractivity contribution in [1.29, 1.82) is 0 Å². The Morgan fingerprint density at radius 1 is 0.763 bits per heavy atom. The van der Waals surface area contributed by atoms with E-state index in [1.54, 1.807) is 30.5 Å². The van der Waals surface area contributed by atoms with E-state index in [9.17, 15) is 4.79 Å². The van der Waals surface area contributed by atoms with Gasteiger partial charge in [-0.2, -0.15) is 5.10 Å². The smallest absolute Gasteiger partial charge is 0.271 e. The van der Waals surface area contributed by atoms with Gasteiger partial charge in [-0.05, 0) is 52.7 Å². The Morgan fingerprint density at radius 3 is 2.32 bits per heavy atom. The molecule has 0 spiro atoms. The highest BCUT2D eigenvalue weighted by molar-refractivity contribution is 6.31. The van der Waals surface area contributed by atoms with Crippen LogP contribution >= 0.6 is 11.6 Å². The molecule has 0 saturated carbocycles. The van der Waals surface area contributed by atoms with E-state index in [4.69, 9.17) is 21.1 Å². The number of fused-ring (bicyclic) bond motifs is 1. The Bertz CT molecular complexity index is 1570. The van der Waals surface area contributed by atoms with Gasteiger partial charge in [0.15, 0.2) is 0 Å². The molecule has 0 fully saturated rings. The van der Waals surface area contributed by atoms with Gasteiger partial charge in [0.05, 0.1) is 6.21 Å². The molecule has 1 N–H and O–H groups in total. The molecule has 0 saturated heterocycles. The molecular formula is C32H25ClN2O3. The molecular weight excluding hydrogens is 496 g/mol. The molecule has 0 radical (unpaired) electrons. The van der Waals surface area contributed by atoms with E-state index in [2.05, 4.69) is 10.5 Å². The van der Waals surface area contributed by atoms with Crippen LogP contribution in [0.15, 0.2) is 120 Å². The van der Waals surface area contributed by atoms with Crippen LogP contribution < -0.4 is 14.9 Å². The molecule has 1 amide bonds. The minimum atomic E-state index is -0.324. The third-order valence-electron chi connectivity index (χ3n) is 6.00. The zero-order chi connectivity index (χ0) is 26.2. The Kier molecular flexibility index (Phi) is 7.97. The number of benzene rings is 5. The molecule has 5 nitrogen and oxygen atoms in total. The maximum absolute atomic E-state index is 12.7. The van der Waals surface area contributed by atoms with E-state index >= 15 is 0 Å². The number of carbonyl (C=O) groups is 1. The van der Waals surface area contributed by atoms with Gasteiger partial charge in [-0.15, -0.1) is 0 Å². The second-order valence-corrected chi connectivity index (χ2v) is 8.98. The zero-order valence-corrected chi connectivity index (χ0v) is 21.3. The van der Waals surface area contributed by atoms with Crippen molar-refractivity contribution in [1.82, 2.24) is 5.43 Å². The molecule has 0 aromatic heterocycles. The fraction of sp³-hybridized carbons (Fsp3) is 0.0625. The lowest BCUT2D eigenvalue weighted by molar-refractivity contribution is 0.0955. The molecule has 0 aliphatic heterocycles. The van der Waals surface area contributed by atoms with Crippen LogP contribution in [0.3, 0.4) is 0 Å². The molecule has 6 heteroatoms. The first kappa shape index (κ1) is 25.1. The average molecular weight is 521 g/mol. The summed E-state index contributed by atoms with van der Waals surface area (Å²) in [6.45, 7) is 0.770. The largest absolute Gasteiger partial charge is 0.489 e. The van der Waals surface area contributed by atoms with Crippen molar-refractivity contribution in [2.45, 2.75) is 13.2 Å². The van der Waals surface area contributed by atoms with Crippen LogP contribution in [0.5, 0.6) is 11.5 Å². The summed E-state index contributed by atoms with van der Waals surface area (Å²) in [5.74, 6) is 1.00. The summed E-state index contributed by atoms with van der Waals surface area (Å²) in [4.78, 5) is 12.7. The van der Waals surface area contributed by atoms with Crippen molar-refractivity contribution >= 4 is 34.5 Å². The minimum absolute atomic E-state index is 0.309. The van der Waals surface area contributed by atoms with E-state index in [0.29, 0.717) is 35.3 Å². The summed E-state index contributed by atoms with van der Waals surface area (Å²) < 4.78 is 11.9. The number of hydrogen-bond acceptors (Lipinski definition) is 4. The van der Waals surface area contributed by atoms with E-state index < -0.39 is 0 Å². The predicted octanol–water partition coefficient (Wildman–Crippen LogP) is 7.42. The second-order valence-electron chi connectivity index (χ2n) is 8.58. The van der Waals surface area contributed by atoms with Crippen molar-refractivity contribution in [2.75, 3.05) is 0 Å². The van der Waals surface area contributed by atoms with Gasteiger partial charge in [-0.3, -0.25) is 4.79 Å². The van der Waals surface area contributed by atoms with Gasteiger partial charge < -0.3 is 9.47 Å². The molecule has 0 aliphatic carbocycles. The molecule has 38 heavy (non-hydrogen) atoms. The van der Waals surface area contributed by atoms with Gasteiger partial charge in [-0.1, -0.05) is 90.5 Å². The monoisotopic (exact) mass is 520 g/mol. The van der Waals surface area contributed by atoms with Crippen LogP contribution in [0.2, 0.25) is 5.02 Å². The first-order valence-electron chi connectivity index (χ1n) is 12.2. The van der Waals surface area contributed by atoms with Gasteiger partial charge in [-0.25, -0.2) is 5.43 Å². The molecule has 188 valence electrons. The fourth-order valence-corrected chi connectivity index (χ4v) is 4.16. The number of hydrazone groups is 1. The van der Waals surface area contributed by atoms with E-state index in [-0.39, 0.29) is 5.91 Å². The van der Waals surface area contributed by atoms with E-state index in [1.807, 2.05) is 91.0 Å². The third-order valence-corrected chi connectivity index (χ3v) is 6.37. The molecule has 5 rings (SSSR count). The maximum atomic E-state index is 12.7. The molecule has 5 aromatic carbocycles. The first-order chi connectivity index (χ1) is 18.7. The summed E-state index contributed by atoms with van der Waals surface area (Å²) >= 11 is 6.30. The summed E-state index contributed by atoms with van der Waals surface area (Å²) in [6, 6.07) is 36.3. The summed E-state index contributed by atoms with van der Waals surface area (Å²) in [5, 5.41) is 6.88. The number of hydrogen-bond donors (Lipinski definition) is 1. The zero-order valence-electron chi connectivity index (χ0n) is 20.5. The van der Waals surface area contributed by atoms with Gasteiger partial charge in [0, 0.05) is 21.7 Å². The highest BCUT2D eigenvalue weighted by Crippen LogP contribution is 2.28. The minimum Gasteiger partial charge on any atom is -0.489 e. The lowest BCUT2D eigenvalue weighted by Gasteiger charge is -2.12. The number of nitrogens with zero attached hydrogens (tertiary/aromatic N) is 1. The average Bonchev–Trinajstić information content (AvgIpc) is 2.97. The van der Waals surface area contributed by atoms with Crippen LogP contribution in [0.1, 0.15) is 27.0 Å². The number of amides is 1. The molecule has 5 aromatic rings. The van der Waals surface area contributed by atoms with E-state index in [1.165, 1.54) is 0 Å². The quantitative estimate of drug-likeness (QED) is 0.162. The van der Waals surface area contributed by atoms with Gasteiger partial charge >= 0.3 is 0 Å². The van der Waals surface area contributed by atoms with Crippen molar-refractivity contribution in [3.63, 3.8) is 0 Å². The number of halogens is 1. The van der Waals surface area contributed by atoms with Gasteiger partial charge in [0.1, 0.15) is 24.7 Å². The first-order valence-corrected chi connectivity index (χ1v) is 12.5. The second kappa shape index (κ2) is 12.1. The van der Waals surface area contributed by atoms with Crippen molar-refractivity contribution in [2.24, 2.45) is 5.10 Å². The van der Waals surface area contributed by atoms with E-state index in [0.717, 1.165) is 27.5 Å². The molecule has 0 atom stereocenters. The number of ether oxygens (including phenoxy) is 2. The number of rotatable bonds is 9. The highest BCUT2D eigenvalue weighted by atomic mass is 35.5. The Hall–Kier alpha value is -4.61. The topological polar surface area (TPSA) is 59.9 Å². The standard InChI is InChI=1S/C32H25ClN2O3/c33-30-13-7-5-11-26(30)22-38-31-19-16-24-10-4-6-12-28(24)29(31)20-34-35-32(36)25-14-17-27(18-15-25)37-21-23-8-2-1-3-9-23/h1-20H,21-22H2,(H,35,36). The number of carbonyl (C=O) groups excluding carboxylic acids is 1. The van der Waals surface area contributed by atoms with Crippen molar-refractivity contribution < 1.29 is 14.3 Å². The van der Waals surface area contributed by atoms with Gasteiger partial charge in [0.2, 0.25) is 0 Å². The molecule has 0 bridgehead atoms. The van der Waals surface area contributed by atoms with Crippen molar-refractivity contribution in [3.05, 3.63) is 143 Å². The van der Waals surface area contributed by atoms with Crippen LogP contribution in [0, 0.1) is 0 Å². The van der Waals surface area contributed by atoms with Crippen LogP contribution in [-0.4, -0.2) is 12.1 Å². The van der Waals surface area contributed by atoms with Crippen LogP contribution in [0.25, 0.3) is 10.8 Å². The maximum Gasteiger partial charge on any atom is 0.271 e. The van der Waals surface area contributed by atoms with Crippen molar-refractivity contribution in [3.8, 4) is 11.5 Å². The highest BCUT2D eigenvalue weighted by Gasteiger charge is 2.10. The van der Waals surface area contributed by atoms with Crippen LogP contribution in [-0.2, 0) is 13.2 Å². The van der Waals surface area contributed by atoms with Gasteiger partial charge in [0.25, 0.3) is 5.91 Å². The summed E-state index contributed by atoms with van der Waals surface area (Å²) in [7, 11) is 0. The Morgan fingerprint density at radius 2 is 1.50 bits per heavy atom. The Labute approximate surface area is 226 Å². The molecule has 0 unspecified atom stereocenters. The lowest BCUT2D eigenvalue weighted by Crippen LogP contribution is -2.17. The third kappa shape index (κ3) is 6.20. The Balaban J connectivity index is 1.27. The lowest BCUT2D eigenvalue weighted by atomic mass is 10.0. The normalized spacial score (nSPS) is 11.0. The number of nitrogens with one attached hydrogen (secondary N) is 1. The van der Waals surface area contributed by atoms with Crippen LogP contribution in [0.4, 0.5) is 0 Å². The summed E-state index contributed by atoms with van der Waals surface area (Å²) in [6.07, 6.45) is 1.61. The molecule has 0 aliphatic rings. The summed E-state index contributed by atoms with van der Waals surface area (Å²) in [5.41, 5.74) is 5.81. The molecule has 0 heterocycles.